The van der Waals surface area contributed by atoms with Gasteiger partial charge in [-0.2, -0.15) is 11.8 Å². The van der Waals surface area contributed by atoms with Crippen molar-refractivity contribution in [2.45, 2.75) is 198 Å². The van der Waals surface area contributed by atoms with Gasteiger partial charge in [0, 0.05) is 19.4 Å². The molecule has 0 unspecified atom stereocenters. The van der Waals surface area contributed by atoms with Gasteiger partial charge in [-0.05, 0) is 158 Å². The number of hydrogen-bond donors (Lipinski definition) is 18. The molecular weight excluding hydrogens is 1160 g/mol. The van der Waals surface area contributed by atoms with Crippen molar-refractivity contribution in [1.82, 2.24) is 47.9 Å². The lowest BCUT2D eigenvalue weighted by molar-refractivity contribution is -0.143. The smallest absolute Gasteiger partial charge is 0.326 e. The van der Waals surface area contributed by atoms with Crippen LogP contribution in [0.5, 0.6) is 5.75 Å². The highest BCUT2D eigenvalue weighted by Gasteiger charge is 2.36. The van der Waals surface area contributed by atoms with Gasteiger partial charge in [-0.25, -0.2) is 4.79 Å². The van der Waals surface area contributed by atoms with E-state index in [0.29, 0.717) is 56.3 Å². The van der Waals surface area contributed by atoms with Crippen molar-refractivity contribution in [2.24, 2.45) is 51.2 Å². The molecule has 0 spiro atoms. The number of carboxylic acids is 2. The summed E-state index contributed by atoms with van der Waals surface area (Å²) in [6, 6.07) is -7.22. The van der Waals surface area contributed by atoms with Gasteiger partial charge in [0.15, 0.2) is 5.96 Å². The van der Waals surface area contributed by atoms with Crippen LogP contribution in [0.2, 0.25) is 0 Å². The van der Waals surface area contributed by atoms with Crippen molar-refractivity contribution in [1.29, 1.82) is 0 Å². The minimum absolute atomic E-state index is 0.00701. The Morgan fingerprint density at radius 3 is 1.35 bits per heavy atom. The van der Waals surface area contributed by atoms with Crippen LogP contribution in [-0.4, -0.2) is 185 Å². The molecule has 0 bridgehead atoms. The van der Waals surface area contributed by atoms with E-state index in [9.17, 15) is 68.1 Å². The number of nitrogens with two attached hydrogens (primary N) is 6. The first kappa shape index (κ1) is 78.7. The average Bonchev–Trinajstić information content (AvgIpc) is 3.57. The van der Waals surface area contributed by atoms with Crippen LogP contribution in [0.3, 0.4) is 0 Å². The Morgan fingerprint density at radius 2 is 0.920 bits per heavy atom. The number of unbranched alkanes of at least 4 members (excludes halogenated alkanes) is 3. The van der Waals surface area contributed by atoms with Crippen LogP contribution in [0, 0.1) is 11.8 Å². The van der Waals surface area contributed by atoms with E-state index in [-0.39, 0.29) is 88.8 Å². The number of rotatable bonds is 46. The number of carbonyl (C=O) groups excluding carboxylic acids is 9. The molecule has 9 amide bonds. The monoisotopic (exact) mass is 1260 g/mol. The Hall–Kier alpha value is -7.35. The third-order valence-electron chi connectivity index (χ3n) is 13.9. The molecule has 1 aromatic rings. The van der Waals surface area contributed by atoms with Crippen molar-refractivity contribution in [3.05, 3.63) is 29.8 Å². The van der Waals surface area contributed by atoms with Gasteiger partial charge in [-0.15, -0.1) is 0 Å². The maximum atomic E-state index is 14.3. The van der Waals surface area contributed by atoms with E-state index < -0.39 is 144 Å². The Morgan fingerprint density at radius 1 is 0.500 bits per heavy atom. The lowest BCUT2D eigenvalue weighted by atomic mass is 10.00. The maximum Gasteiger partial charge on any atom is 0.326 e. The molecule has 0 saturated heterocycles. The van der Waals surface area contributed by atoms with Crippen molar-refractivity contribution >= 4 is 82.8 Å². The van der Waals surface area contributed by atoms with Crippen LogP contribution in [0.25, 0.3) is 0 Å². The normalized spacial score (nSPS) is 14.6. The van der Waals surface area contributed by atoms with Crippen LogP contribution in [0.15, 0.2) is 29.3 Å². The third-order valence-corrected chi connectivity index (χ3v) is 14.5. The summed E-state index contributed by atoms with van der Waals surface area (Å²) in [5, 5.41) is 52.9. The minimum atomic E-state index is -1.52. The van der Waals surface area contributed by atoms with Gasteiger partial charge in [0.2, 0.25) is 53.2 Å². The van der Waals surface area contributed by atoms with Crippen molar-refractivity contribution in [2.75, 3.05) is 38.2 Å². The number of carbonyl (C=O) groups is 11. The molecule has 88 heavy (non-hydrogen) atoms. The topological polar surface area (TPSA) is 525 Å². The maximum absolute atomic E-state index is 14.3. The van der Waals surface area contributed by atoms with E-state index in [1.807, 2.05) is 0 Å². The fourth-order valence-corrected chi connectivity index (χ4v) is 9.31. The number of nitrogens with one attached hydrogen (secondary N) is 9. The van der Waals surface area contributed by atoms with Crippen LogP contribution in [-0.2, 0) is 59.2 Å². The number of benzene rings is 1. The van der Waals surface area contributed by atoms with Crippen LogP contribution < -0.4 is 82.3 Å². The molecule has 0 radical (unpaired) electrons. The standard InChI is InChI=1S/C57H100N16O14S/c1-32(2)30-44(56(86)87)72-54(84)43(31-35-18-20-36(74)21-19-35)71-52(82)39(16-8-11-26-59)67-51(81)40(17-9-12-27-60)70-55(85)46(33(3)4)73-47(77)34(5)65-49(79)42(24-29-88-6)69-53(83)41(22-23-45(75)76)68-50(80)38(15-7-10-25-58)66-48(78)37(61)14-13-28-64-57(62)63/h18-21,32-34,37-44,46,74H,7-17,22-31,58-61H2,1-6H3,(H,65,79)(H,66,78)(H,67,81)(H,68,80)(H,69,83)(H,70,85)(H,71,82)(H,72,84)(H,73,77)(H,75,76)(H,86,87)(H4,62,63,64)/t34-,37-,38-,39-,40-,41-,42-,43-,44-,46-/m0/s1. The second kappa shape index (κ2) is 43.3. The fourth-order valence-electron chi connectivity index (χ4n) is 8.84. The summed E-state index contributed by atoms with van der Waals surface area (Å²) in [6.07, 6.45) is 3.80. The van der Waals surface area contributed by atoms with Gasteiger partial charge in [-0.1, -0.05) is 39.8 Å². The lowest BCUT2D eigenvalue weighted by Gasteiger charge is -2.29. The van der Waals surface area contributed by atoms with Crippen LogP contribution in [0.1, 0.15) is 136 Å². The zero-order valence-corrected chi connectivity index (χ0v) is 52.6. The third kappa shape index (κ3) is 32.0. The molecule has 0 fully saturated rings. The van der Waals surface area contributed by atoms with Crippen LogP contribution >= 0.6 is 11.8 Å². The highest BCUT2D eigenvalue weighted by atomic mass is 32.2. The number of aliphatic carboxylic acids is 2. The predicted molar refractivity (Wildman–Crippen MR) is 333 cm³/mol. The number of phenols is 1. The first-order valence-corrected chi connectivity index (χ1v) is 31.3. The number of phenolic OH excluding ortho intramolecular Hbond substituents is 1. The molecule has 0 saturated carbocycles. The zero-order valence-electron chi connectivity index (χ0n) is 51.7. The number of guanidine groups is 1. The van der Waals surface area contributed by atoms with E-state index in [1.54, 1.807) is 34.0 Å². The molecule has 1 aromatic carbocycles. The number of thioether (sulfide) groups is 1. The Bertz CT molecular complexity index is 2420. The number of nitrogens with zero attached hydrogens (tertiary/aromatic N) is 1. The lowest BCUT2D eigenvalue weighted by Crippen LogP contribution is -2.61. The largest absolute Gasteiger partial charge is 0.508 e. The molecule has 10 atom stereocenters. The molecule has 30 nitrogen and oxygen atoms in total. The Labute approximate surface area is 519 Å². The number of aromatic hydroxyl groups is 1. The van der Waals surface area contributed by atoms with E-state index in [0.717, 1.165) is 0 Å². The van der Waals surface area contributed by atoms with Crippen LogP contribution in [0.4, 0.5) is 0 Å². The highest BCUT2D eigenvalue weighted by Crippen LogP contribution is 2.15. The molecule has 24 N–H and O–H groups in total. The number of carboxylic acid groups (broad SMARTS) is 2. The first-order chi connectivity index (χ1) is 41.6. The van der Waals surface area contributed by atoms with Gasteiger partial charge in [0.1, 0.15) is 60.1 Å². The average molecular weight is 1270 g/mol. The fraction of sp³-hybridized carbons (Fsp3) is 0.684. The van der Waals surface area contributed by atoms with E-state index in [1.165, 1.54) is 43.0 Å². The van der Waals surface area contributed by atoms with Gasteiger partial charge >= 0.3 is 11.9 Å². The summed E-state index contributed by atoms with van der Waals surface area (Å²) in [5.41, 5.74) is 34.6. The van der Waals surface area contributed by atoms with Crippen molar-refractivity contribution in [3.63, 3.8) is 0 Å². The molecule has 0 aliphatic rings. The van der Waals surface area contributed by atoms with Gasteiger partial charge in [0.25, 0.3) is 0 Å². The number of hydrogen-bond acceptors (Lipinski definition) is 18. The highest BCUT2D eigenvalue weighted by molar-refractivity contribution is 7.98. The Kier molecular flexibility index (Phi) is 38.7. The van der Waals surface area contributed by atoms with Crippen molar-refractivity contribution < 1.29 is 68.1 Å². The molecule has 0 aromatic heterocycles. The van der Waals surface area contributed by atoms with Crippen molar-refractivity contribution in [3.8, 4) is 5.75 Å². The molecule has 1 rings (SSSR count). The van der Waals surface area contributed by atoms with E-state index in [2.05, 4.69) is 52.8 Å². The molecule has 31 heteroatoms. The first-order valence-electron chi connectivity index (χ1n) is 29.9. The summed E-state index contributed by atoms with van der Waals surface area (Å²) >= 11 is 1.33. The van der Waals surface area contributed by atoms with Gasteiger partial charge in [0.05, 0.1) is 6.04 Å². The summed E-state index contributed by atoms with van der Waals surface area (Å²) < 4.78 is 0. The summed E-state index contributed by atoms with van der Waals surface area (Å²) in [4.78, 5) is 153. The second-order valence-electron chi connectivity index (χ2n) is 22.3. The molecule has 0 aliphatic heterocycles. The summed E-state index contributed by atoms with van der Waals surface area (Å²) in [7, 11) is 0. The SMILES string of the molecule is CSCC[C@H](NC(=O)[C@H](CCC(=O)O)NC(=O)[C@H](CCCCN)NC(=O)[C@@H](N)CCCN=C(N)N)C(=O)N[C@@H](C)C(=O)N[C@H](C(=O)N[C@@H](CCCCN)C(=O)N[C@@H](CCCCN)C(=O)N[C@@H](Cc1ccc(O)cc1)C(=O)N[C@@H](CC(C)C)C(=O)O)C(C)C. The number of aliphatic imine (C=N–C) groups is 1. The Balaban J connectivity index is 3.44. The number of amides is 9. The van der Waals surface area contributed by atoms with E-state index >= 15 is 0 Å². The minimum Gasteiger partial charge on any atom is -0.508 e. The summed E-state index contributed by atoms with van der Waals surface area (Å²) in [5.74, 6) is -10.5. The second-order valence-corrected chi connectivity index (χ2v) is 23.3. The molecule has 0 heterocycles. The zero-order chi connectivity index (χ0) is 66.5. The quantitative estimate of drug-likeness (QED) is 0.0182. The molecule has 498 valence electrons. The molecular formula is C57H100N16O14S. The van der Waals surface area contributed by atoms with Gasteiger partial charge < -0.3 is 97.6 Å². The van der Waals surface area contributed by atoms with Gasteiger partial charge in [-0.3, -0.25) is 52.9 Å². The molecule has 0 aliphatic carbocycles. The predicted octanol–water partition coefficient (Wildman–Crippen LogP) is -2.51. The van der Waals surface area contributed by atoms with E-state index in [4.69, 9.17) is 34.4 Å². The summed E-state index contributed by atoms with van der Waals surface area (Å²) in [6.45, 7) is 9.12.